The molecule has 2 unspecified atom stereocenters. The average molecular weight is 374 g/mol. The summed E-state index contributed by atoms with van der Waals surface area (Å²) in [7, 11) is 0. The van der Waals surface area contributed by atoms with Crippen LogP contribution in [0.1, 0.15) is 35.2 Å². The van der Waals surface area contributed by atoms with Crippen LogP contribution in [0.25, 0.3) is 0 Å². The van der Waals surface area contributed by atoms with Gasteiger partial charge in [0.2, 0.25) is 0 Å². The van der Waals surface area contributed by atoms with E-state index < -0.39 is 11.9 Å². The number of hydrogen-bond donors (Lipinski definition) is 1. The van der Waals surface area contributed by atoms with Crippen molar-refractivity contribution in [2.45, 2.75) is 25.3 Å². The molecule has 0 saturated carbocycles. The minimum atomic E-state index is -0.850. The van der Waals surface area contributed by atoms with Gasteiger partial charge in [-0.05, 0) is 53.0 Å². The third-order valence-electron chi connectivity index (χ3n) is 4.21. The summed E-state index contributed by atoms with van der Waals surface area (Å²) < 4.78 is 0.732. The van der Waals surface area contributed by atoms with Crippen molar-refractivity contribution in [1.29, 1.82) is 0 Å². The molecule has 3 rings (SSSR count). The van der Waals surface area contributed by atoms with Gasteiger partial charge in [0.1, 0.15) is 0 Å². The molecule has 1 N–H and O–H groups in total. The lowest BCUT2D eigenvalue weighted by molar-refractivity contribution is -0.139. The van der Waals surface area contributed by atoms with E-state index in [4.69, 9.17) is 0 Å². The lowest BCUT2D eigenvalue weighted by atomic mass is 9.85. The summed E-state index contributed by atoms with van der Waals surface area (Å²) in [6, 6.07) is 14.3. The minimum absolute atomic E-state index is 0.124. The van der Waals surface area contributed by atoms with Crippen molar-refractivity contribution in [1.82, 2.24) is 0 Å². The first-order chi connectivity index (χ1) is 11.0. The first-order valence-corrected chi connectivity index (χ1v) is 8.20. The summed E-state index contributed by atoms with van der Waals surface area (Å²) in [5.41, 5.74) is 1.95. The van der Waals surface area contributed by atoms with E-state index in [1.807, 2.05) is 43.3 Å². The molecule has 1 aliphatic rings. The van der Waals surface area contributed by atoms with Crippen molar-refractivity contribution >= 4 is 33.5 Å². The van der Waals surface area contributed by atoms with Crippen LogP contribution in [0.4, 0.5) is 5.69 Å². The van der Waals surface area contributed by atoms with E-state index in [0.717, 1.165) is 4.47 Å². The zero-order chi connectivity index (χ0) is 16.6. The maximum atomic E-state index is 13.0. The summed E-state index contributed by atoms with van der Waals surface area (Å²) in [6.07, 6.45) is 0.405. The van der Waals surface area contributed by atoms with Gasteiger partial charge in [0.15, 0.2) is 0 Å². The highest BCUT2D eigenvalue weighted by Crippen LogP contribution is 2.39. The number of nitrogens with zero attached hydrogens (tertiary/aromatic N) is 1. The number of para-hydroxylation sites is 1. The molecular formula is C18H16BrNO3. The molecule has 0 aromatic heterocycles. The normalized spacial score (nSPS) is 20.0. The highest BCUT2D eigenvalue weighted by molar-refractivity contribution is 9.10. The number of benzene rings is 2. The fourth-order valence-corrected chi connectivity index (χ4v) is 3.57. The number of carboxylic acid groups (broad SMARTS) is 1. The van der Waals surface area contributed by atoms with E-state index in [1.165, 1.54) is 0 Å². The van der Waals surface area contributed by atoms with Gasteiger partial charge in [-0.1, -0.05) is 30.3 Å². The number of hydrogen-bond acceptors (Lipinski definition) is 2. The summed E-state index contributed by atoms with van der Waals surface area (Å²) in [5, 5.41) is 9.48. The Balaban J connectivity index is 2.09. The van der Waals surface area contributed by atoms with Gasteiger partial charge in [0.05, 0.1) is 11.5 Å². The fourth-order valence-electron chi connectivity index (χ4n) is 3.12. The average Bonchev–Trinajstić information content (AvgIpc) is 2.54. The smallest absolute Gasteiger partial charge is 0.311 e. The minimum Gasteiger partial charge on any atom is -0.481 e. The number of anilines is 1. The van der Waals surface area contributed by atoms with Crippen LogP contribution in [0.3, 0.4) is 0 Å². The third kappa shape index (κ3) is 2.77. The molecule has 4 nitrogen and oxygen atoms in total. The van der Waals surface area contributed by atoms with Crippen molar-refractivity contribution in [3.05, 3.63) is 64.1 Å². The standard InChI is InChI=1S/C18H16BrNO3/c1-11-10-14(18(22)23)12-6-3-5-9-16(12)20(11)17(21)13-7-2-4-8-15(13)19/h2-9,11,14H,10H2,1H3,(H,22,23). The first-order valence-electron chi connectivity index (χ1n) is 7.40. The van der Waals surface area contributed by atoms with E-state index >= 15 is 0 Å². The molecule has 1 heterocycles. The van der Waals surface area contributed by atoms with Gasteiger partial charge in [-0.25, -0.2) is 0 Å². The second kappa shape index (κ2) is 6.16. The van der Waals surface area contributed by atoms with Gasteiger partial charge in [-0.3, -0.25) is 9.59 Å². The predicted molar refractivity (Wildman–Crippen MR) is 91.8 cm³/mol. The number of rotatable bonds is 2. The van der Waals surface area contributed by atoms with Crippen molar-refractivity contribution in [3.63, 3.8) is 0 Å². The second-order valence-corrected chi connectivity index (χ2v) is 6.54. The van der Waals surface area contributed by atoms with Crippen LogP contribution >= 0.6 is 15.9 Å². The summed E-state index contributed by atoms with van der Waals surface area (Å²) >= 11 is 3.42. The molecule has 0 radical (unpaired) electrons. The van der Waals surface area contributed by atoms with Gasteiger partial charge in [-0.15, -0.1) is 0 Å². The Morgan fingerprint density at radius 3 is 2.48 bits per heavy atom. The maximum absolute atomic E-state index is 13.0. The number of halogens is 1. The second-order valence-electron chi connectivity index (χ2n) is 5.69. The molecule has 1 aliphatic heterocycles. The van der Waals surface area contributed by atoms with E-state index in [1.54, 1.807) is 17.0 Å². The van der Waals surface area contributed by atoms with Crippen LogP contribution in [0.2, 0.25) is 0 Å². The van der Waals surface area contributed by atoms with Crippen LogP contribution in [0.5, 0.6) is 0 Å². The van der Waals surface area contributed by atoms with Crippen LogP contribution in [0.15, 0.2) is 53.0 Å². The molecule has 5 heteroatoms. The monoisotopic (exact) mass is 373 g/mol. The molecule has 0 fully saturated rings. The molecule has 0 spiro atoms. The van der Waals surface area contributed by atoms with Crippen molar-refractivity contribution < 1.29 is 14.7 Å². The SMILES string of the molecule is CC1CC(C(=O)O)c2ccccc2N1C(=O)c1ccccc1Br. The Hall–Kier alpha value is -2.14. The summed E-state index contributed by atoms with van der Waals surface area (Å²) in [6.45, 7) is 1.89. The Bertz CT molecular complexity index is 774. The predicted octanol–water partition coefficient (Wildman–Crippen LogP) is 4.06. The zero-order valence-corrected chi connectivity index (χ0v) is 14.2. The Kier molecular flexibility index (Phi) is 4.22. The van der Waals surface area contributed by atoms with Crippen LogP contribution < -0.4 is 4.90 Å². The number of carbonyl (C=O) groups is 2. The van der Waals surface area contributed by atoms with Gasteiger partial charge < -0.3 is 10.0 Å². The molecule has 0 saturated heterocycles. The molecular weight excluding hydrogens is 358 g/mol. The molecule has 1 amide bonds. The lowest BCUT2D eigenvalue weighted by Crippen LogP contribution is -2.44. The van der Waals surface area contributed by atoms with E-state index in [-0.39, 0.29) is 11.9 Å². The van der Waals surface area contributed by atoms with Gasteiger partial charge in [-0.2, -0.15) is 0 Å². The molecule has 0 aliphatic carbocycles. The largest absolute Gasteiger partial charge is 0.481 e. The zero-order valence-electron chi connectivity index (χ0n) is 12.6. The Morgan fingerprint density at radius 1 is 1.13 bits per heavy atom. The number of fused-ring (bicyclic) bond motifs is 1. The van der Waals surface area contributed by atoms with E-state index in [2.05, 4.69) is 15.9 Å². The summed E-state index contributed by atoms with van der Waals surface area (Å²) in [4.78, 5) is 26.3. The fraction of sp³-hybridized carbons (Fsp3) is 0.222. The highest BCUT2D eigenvalue weighted by atomic mass is 79.9. The van der Waals surface area contributed by atoms with Crippen LogP contribution in [-0.4, -0.2) is 23.0 Å². The van der Waals surface area contributed by atoms with Crippen molar-refractivity contribution in [3.8, 4) is 0 Å². The van der Waals surface area contributed by atoms with Crippen molar-refractivity contribution in [2.24, 2.45) is 0 Å². The maximum Gasteiger partial charge on any atom is 0.311 e. The number of carboxylic acids is 1. The van der Waals surface area contributed by atoms with Gasteiger partial charge in [0, 0.05) is 16.2 Å². The molecule has 23 heavy (non-hydrogen) atoms. The highest BCUT2D eigenvalue weighted by Gasteiger charge is 2.37. The molecule has 2 atom stereocenters. The Morgan fingerprint density at radius 2 is 1.78 bits per heavy atom. The van der Waals surface area contributed by atoms with Gasteiger partial charge >= 0.3 is 5.97 Å². The molecule has 0 bridgehead atoms. The first kappa shape index (κ1) is 15.7. The van der Waals surface area contributed by atoms with E-state index in [9.17, 15) is 14.7 Å². The van der Waals surface area contributed by atoms with E-state index in [0.29, 0.717) is 23.2 Å². The molecule has 2 aromatic carbocycles. The number of carbonyl (C=O) groups excluding carboxylic acids is 1. The van der Waals surface area contributed by atoms with Crippen LogP contribution in [-0.2, 0) is 4.79 Å². The molecule has 118 valence electrons. The van der Waals surface area contributed by atoms with Gasteiger partial charge in [0.25, 0.3) is 5.91 Å². The summed E-state index contributed by atoms with van der Waals surface area (Å²) in [5.74, 6) is -1.55. The van der Waals surface area contributed by atoms with Crippen molar-refractivity contribution in [2.75, 3.05) is 4.90 Å². The molecule has 2 aromatic rings. The third-order valence-corrected chi connectivity index (χ3v) is 4.90. The quantitative estimate of drug-likeness (QED) is 0.863. The Labute approximate surface area is 142 Å². The number of aliphatic carboxylic acids is 1. The topological polar surface area (TPSA) is 57.6 Å². The lowest BCUT2D eigenvalue weighted by Gasteiger charge is -2.38. The number of amides is 1. The van der Waals surface area contributed by atoms with Crippen LogP contribution in [0, 0.1) is 0 Å².